The predicted molar refractivity (Wildman–Crippen MR) is 94.7 cm³/mol. The lowest BCUT2D eigenvalue weighted by Gasteiger charge is -2.20. The molecular weight excluding hydrogens is 342 g/mol. The van der Waals surface area contributed by atoms with Gasteiger partial charge in [0.25, 0.3) is 5.91 Å². The summed E-state index contributed by atoms with van der Waals surface area (Å²) >= 11 is 0. The van der Waals surface area contributed by atoms with Crippen molar-refractivity contribution in [2.75, 3.05) is 10.8 Å². The van der Waals surface area contributed by atoms with Crippen molar-refractivity contribution < 1.29 is 18.0 Å². The van der Waals surface area contributed by atoms with E-state index in [0.717, 1.165) is 21.0 Å². The van der Waals surface area contributed by atoms with Crippen molar-refractivity contribution in [3.8, 4) is 11.1 Å². The standard InChI is InChI=1S/C17H17N3O4S/c1-11-2-4-12(5-3-11)13-6-8-14(9-7-13)20(25(23)24)10-15-16(21)19-17(22)18-15/h2-9,15,25H,10H2,1H3,(H2,18,19,21,22)/t15-/m0/s1. The largest absolute Gasteiger partial charge is 0.324 e. The van der Waals surface area contributed by atoms with Gasteiger partial charge in [-0.05, 0) is 30.2 Å². The molecule has 0 saturated carbocycles. The number of amides is 3. The second-order valence-corrected chi connectivity index (χ2v) is 6.71. The third-order valence-corrected chi connectivity index (χ3v) is 4.75. The number of carbonyl (C=O) groups is 2. The molecule has 3 amide bonds. The Hall–Kier alpha value is -2.87. The zero-order chi connectivity index (χ0) is 18.0. The molecule has 1 aliphatic rings. The number of anilines is 1. The van der Waals surface area contributed by atoms with Gasteiger partial charge in [-0.2, -0.15) is 0 Å². The minimum atomic E-state index is -2.96. The maximum atomic E-state index is 11.6. The highest BCUT2D eigenvalue weighted by Gasteiger charge is 2.31. The van der Waals surface area contributed by atoms with Gasteiger partial charge in [0.15, 0.2) is 0 Å². The first-order valence-electron chi connectivity index (χ1n) is 7.64. The van der Waals surface area contributed by atoms with E-state index in [1.54, 1.807) is 12.1 Å². The first-order chi connectivity index (χ1) is 11.9. The van der Waals surface area contributed by atoms with Gasteiger partial charge in [-0.1, -0.05) is 42.0 Å². The van der Waals surface area contributed by atoms with Crippen LogP contribution in [-0.4, -0.2) is 32.9 Å². The van der Waals surface area contributed by atoms with Gasteiger partial charge in [0.05, 0.1) is 12.2 Å². The van der Waals surface area contributed by atoms with E-state index in [1.165, 1.54) is 0 Å². The lowest BCUT2D eigenvalue weighted by Crippen LogP contribution is -2.41. The highest BCUT2D eigenvalue weighted by molar-refractivity contribution is 7.74. The molecule has 8 heteroatoms. The van der Waals surface area contributed by atoms with E-state index in [4.69, 9.17) is 0 Å². The second-order valence-electron chi connectivity index (χ2n) is 5.75. The number of carbonyl (C=O) groups excluding carboxylic acids is 2. The molecule has 0 radical (unpaired) electrons. The van der Waals surface area contributed by atoms with Crippen molar-refractivity contribution in [2.45, 2.75) is 13.0 Å². The summed E-state index contributed by atoms with van der Waals surface area (Å²) in [5, 5.41) is 4.48. The van der Waals surface area contributed by atoms with E-state index >= 15 is 0 Å². The summed E-state index contributed by atoms with van der Waals surface area (Å²) in [6, 6.07) is 13.5. The van der Waals surface area contributed by atoms with Crippen LogP contribution in [0, 0.1) is 6.92 Å². The van der Waals surface area contributed by atoms with Crippen molar-refractivity contribution in [3.63, 3.8) is 0 Å². The molecule has 2 aromatic rings. The minimum Gasteiger partial charge on any atom is -0.324 e. The van der Waals surface area contributed by atoms with Gasteiger partial charge in [-0.3, -0.25) is 14.4 Å². The van der Waals surface area contributed by atoms with E-state index in [9.17, 15) is 18.0 Å². The molecule has 2 aromatic carbocycles. The van der Waals surface area contributed by atoms with Gasteiger partial charge in [-0.15, -0.1) is 0 Å². The van der Waals surface area contributed by atoms with Gasteiger partial charge in [0, 0.05) is 0 Å². The Morgan fingerprint density at radius 3 is 2.00 bits per heavy atom. The quantitative estimate of drug-likeness (QED) is 0.552. The second kappa shape index (κ2) is 6.94. The van der Waals surface area contributed by atoms with Crippen LogP contribution < -0.4 is 14.9 Å². The molecule has 0 unspecified atom stereocenters. The number of thiol groups is 1. The molecule has 1 heterocycles. The van der Waals surface area contributed by atoms with Crippen LogP contribution in [0.1, 0.15) is 5.56 Å². The van der Waals surface area contributed by atoms with E-state index in [0.29, 0.717) is 5.69 Å². The Morgan fingerprint density at radius 2 is 1.52 bits per heavy atom. The topological polar surface area (TPSA) is 95.6 Å². The maximum Gasteiger partial charge on any atom is 0.322 e. The molecule has 0 spiro atoms. The Morgan fingerprint density at radius 1 is 0.960 bits per heavy atom. The third-order valence-electron chi connectivity index (χ3n) is 3.96. The normalized spacial score (nSPS) is 16.6. The van der Waals surface area contributed by atoms with Crippen molar-refractivity contribution in [2.24, 2.45) is 0 Å². The first-order valence-corrected chi connectivity index (χ1v) is 8.77. The first kappa shape index (κ1) is 17.0. The van der Waals surface area contributed by atoms with Gasteiger partial charge in [0.1, 0.15) is 6.04 Å². The fraction of sp³-hybridized carbons (Fsp3) is 0.176. The van der Waals surface area contributed by atoms with Crippen molar-refractivity contribution in [3.05, 3.63) is 54.1 Å². The highest BCUT2D eigenvalue weighted by atomic mass is 32.2. The van der Waals surface area contributed by atoms with Crippen LogP contribution in [0.3, 0.4) is 0 Å². The Bertz CT molecular complexity index is 868. The monoisotopic (exact) mass is 359 g/mol. The average Bonchev–Trinajstić information content (AvgIpc) is 2.91. The van der Waals surface area contributed by atoms with Crippen LogP contribution in [0.25, 0.3) is 11.1 Å². The molecule has 1 atom stereocenters. The van der Waals surface area contributed by atoms with Gasteiger partial charge < -0.3 is 5.32 Å². The minimum absolute atomic E-state index is 0.153. The van der Waals surface area contributed by atoms with Crippen molar-refractivity contribution in [1.29, 1.82) is 0 Å². The van der Waals surface area contributed by atoms with Crippen LogP contribution in [0.5, 0.6) is 0 Å². The SMILES string of the molecule is Cc1ccc(-c2ccc(N(C[C@@H]3NC(=O)NC3=O)[SH](=O)=O)cc2)cc1. The average molecular weight is 359 g/mol. The van der Waals surface area contributed by atoms with Gasteiger partial charge in [0.2, 0.25) is 10.9 Å². The highest BCUT2D eigenvalue weighted by Crippen LogP contribution is 2.24. The van der Waals surface area contributed by atoms with E-state index < -0.39 is 28.9 Å². The number of rotatable bonds is 5. The van der Waals surface area contributed by atoms with Crippen molar-refractivity contribution >= 4 is 28.5 Å². The van der Waals surface area contributed by atoms with Gasteiger partial charge in [-0.25, -0.2) is 13.2 Å². The molecule has 0 bridgehead atoms. The molecule has 1 aliphatic heterocycles. The molecule has 3 rings (SSSR count). The molecule has 2 N–H and O–H groups in total. The molecule has 1 saturated heterocycles. The number of urea groups is 1. The maximum absolute atomic E-state index is 11.6. The number of nitrogens with one attached hydrogen (secondary N) is 2. The predicted octanol–water partition coefficient (Wildman–Crippen LogP) is 1.20. The molecule has 7 nitrogen and oxygen atoms in total. The van der Waals surface area contributed by atoms with Crippen LogP contribution >= 0.6 is 0 Å². The number of aryl methyl sites for hydroxylation is 1. The van der Waals surface area contributed by atoms with Crippen molar-refractivity contribution in [1.82, 2.24) is 10.6 Å². The Kier molecular flexibility index (Phi) is 4.71. The summed E-state index contributed by atoms with van der Waals surface area (Å²) < 4.78 is 24.2. The van der Waals surface area contributed by atoms with E-state index in [1.807, 2.05) is 43.3 Å². The van der Waals surface area contributed by atoms with Crippen LogP contribution in [0.15, 0.2) is 48.5 Å². The molecule has 0 aromatic heterocycles. The fourth-order valence-electron chi connectivity index (χ4n) is 2.60. The van der Waals surface area contributed by atoms with E-state index in [-0.39, 0.29) is 6.54 Å². The molecule has 0 aliphatic carbocycles. The molecule has 130 valence electrons. The Balaban J connectivity index is 1.81. The lowest BCUT2D eigenvalue weighted by molar-refractivity contribution is -0.119. The molecule has 25 heavy (non-hydrogen) atoms. The summed E-state index contributed by atoms with van der Waals surface area (Å²) in [6.45, 7) is 1.85. The summed E-state index contributed by atoms with van der Waals surface area (Å²) in [5.74, 6) is -0.539. The smallest absolute Gasteiger partial charge is 0.322 e. The van der Waals surface area contributed by atoms with Crippen LogP contribution in [0.4, 0.5) is 10.5 Å². The number of hydrogen-bond acceptors (Lipinski definition) is 4. The summed E-state index contributed by atoms with van der Waals surface area (Å²) in [6.07, 6.45) is 0. The third kappa shape index (κ3) is 3.80. The molecule has 1 fully saturated rings. The summed E-state index contributed by atoms with van der Waals surface area (Å²) in [4.78, 5) is 22.8. The fourth-order valence-corrected chi connectivity index (χ4v) is 3.22. The Labute approximate surface area is 146 Å². The van der Waals surface area contributed by atoms with Gasteiger partial charge >= 0.3 is 6.03 Å². The van der Waals surface area contributed by atoms with Crippen LogP contribution in [0.2, 0.25) is 0 Å². The number of nitrogens with zero attached hydrogens (tertiary/aromatic N) is 1. The zero-order valence-corrected chi connectivity index (χ0v) is 14.3. The summed E-state index contributed by atoms with van der Waals surface area (Å²) in [7, 11) is -2.96. The van der Waals surface area contributed by atoms with Crippen LogP contribution in [-0.2, 0) is 15.7 Å². The number of benzene rings is 2. The summed E-state index contributed by atoms with van der Waals surface area (Å²) in [5.41, 5.74) is 3.57. The zero-order valence-electron chi connectivity index (χ0n) is 13.4. The number of hydrogen-bond donors (Lipinski definition) is 3. The lowest BCUT2D eigenvalue weighted by atomic mass is 10.0. The number of imide groups is 1. The molecular formula is C17H17N3O4S. The van der Waals surface area contributed by atoms with E-state index in [2.05, 4.69) is 10.6 Å².